The number of carbonyl (C=O) groups is 3. The van der Waals surface area contributed by atoms with Gasteiger partial charge in [0.25, 0.3) is 0 Å². The van der Waals surface area contributed by atoms with E-state index in [1.807, 2.05) is 39.0 Å². The number of likely N-dealkylation sites (tertiary alicyclic amines) is 1. The van der Waals surface area contributed by atoms with Crippen molar-refractivity contribution >= 4 is 28.9 Å². The van der Waals surface area contributed by atoms with Crippen LogP contribution in [0.3, 0.4) is 0 Å². The number of rotatable bonds is 4. The smallest absolute Gasteiger partial charge is 0.410 e. The zero-order valence-corrected chi connectivity index (χ0v) is 19.8. The third-order valence-corrected chi connectivity index (χ3v) is 6.27. The number of piperidine rings is 1. The summed E-state index contributed by atoms with van der Waals surface area (Å²) in [7, 11) is 3.45. The zero-order valence-electron chi connectivity index (χ0n) is 19.8. The fourth-order valence-corrected chi connectivity index (χ4v) is 4.52. The Morgan fingerprint density at radius 3 is 2.55 bits per heavy atom. The predicted octanol–water partition coefficient (Wildman–Crippen LogP) is 1.37. The molecule has 0 bridgehead atoms. The lowest BCUT2D eigenvalue weighted by atomic mass is 10.0. The van der Waals surface area contributed by atoms with Crippen LogP contribution in [-0.2, 0) is 27.9 Å². The third-order valence-electron chi connectivity index (χ3n) is 6.27. The van der Waals surface area contributed by atoms with Crippen LogP contribution in [0.5, 0.6) is 0 Å². The number of fused-ring (bicyclic) bond motifs is 1. The molecule has 3 amide bonds. The lowest BCUT2D eigenvalue weighted by molar-refractivity contribution is -0.135. The van der Waals surface area contributed by atoms with E-state index in [9.17, 15) is 19.2 Å². The molecule has 2 aliphatic heterocycles. The number of aromatic nitrogens is 2. The minimum absolute atomic E-state index is 0.0657. The molecule has 1 aromatic heterocycles. The summed E-state index contributed by atoms with van der Waals surface area (Å²) in [5.74, 6) is -0.754. The molecule has 1 aromatic carbocycles. The van der Waals surface area contributed by atoms with Crippen molar-refractivity contribution < 1.29 is 19.1 Å². The van der Waals surface area contributed by atoms with Gasteiger partial charge in [0.1, 0.15) is 11.6 Å². The van der Waals surface area contributed by atoms with Gasteiger partial charge in [-0.15, -0.1) is 0 Å². The minimum atomic E-state index is -0.704. The number of nitrogens with zero attached hydrogens (tertiary/aromatic N) is 4. The third kappa shape index (κ3) is 4.39. The van der Waals surface area contributed by atoms with Gasteiger partial charge in [-0.1, -0.05) is 12.1 Å². The quantitative estimate of drug-likeness (QED) is 0.695. The summed E-state index contributed by atoms with van der Waals surface area (Å²) in [6.45, 7) is 7.55. The molecular weight excluding hydrogens is 426 g/mol. The van der Waals surface area contributed by atoms with E-state index in [0.29, 0.717) is 31.6 Å². The first-order valence-corrected chi connectivity index (χ1v) is 11.2. The molecule has 3 heterocycles. The Balaban J connectivity index is 1.52. The molecule has 10 nitrogen and oxygen atoms in total. The predicted molar refractivity (Wildman–Crippen MR) is 122 cm³/mol. The molecule has 2 aromatic rings. The number of nitrogens with one attached hydrogen (secondary N) is 1. The highest BCUT2D eigenvalue weighted by molar-refractivity contribution is 6.00. The first-order chi connectivity index (χ1) is 15.5. The Bertz CT molecular complexity index is 1170. The molecule has 0 spiro atoms. The standard InChI is InChI=1S/C23H31N5O5/c1-23(2,3)33-22(32)25(4)15-12-27(13-15)11-14-7-6-8-16-19(14)26(5)21(31)28(16)17-9-10-18(29)24-20(17)30/h6-8,15,17H,9-13H2,1-5H3,(H,24,29,30). The van der Waals surface area contributed by atoms with Crippen molar-refractivity contribution in [3.05, 3.63) is 34.2 Å². The first kappa shape index (κ1) is 23.0. The van der Waals surface area contributed by atoms with Crippen LogP contribution in [0.1, 0.15) is 45.2 Å². The van der Waals surface area contributed by atoms with Gasteiger partial charge in [-0.05, 0) is 38.8 Å². The van der Waals surface area contributed by atoms with E-state index in [1.54, 1.807) is 23.6 Å². The Labute approximate surface area is 192 Å². The SMILES string of the molecule is CN(C(=O)OC(C)(C)C)C1CN(Cc2cccc3c2n(C)c(=O)n3C2CCC(=O)NC2=O)C1. The summed E-state index contributed by atoms with van der Waals surface area (Å²) in [5, 5.41) is 2.34. The van der Waals surface area contributed by atoms with Crippen molar-refractivity contribution in [3.63, 3.8) is 0 Å². The summed E-state index contributed by atoms with van der Waals surface area (Å²) in [6, 6.07) is 5.05. The molecule has 33 heavy (non-hydrogen) atoms. The van der Waals surface area contributed by atoms with Crippen LogP contribution >= 0.6 is 0 Å². The fraction of sp³-hybridized carbons (Fsp3) is 0.565. The maximum atomic E-state index is 13.1. The molecule has 0 radical (unpaired) electrons. The van der Waals surface area contributed by atoms with E-state index in [-0.39, 0.29) is 30.2 Å². The average Bonchev–Trinajstić information content (AvgIpc) is 2.94. The molecule has 1 N–H and O–H groups in total. The van der Waals surface area contributed by atoms with Crippen LogP contribution in [0.25, 0.3) is 11.0 Å². The van der Waals surface area contributed by atoms with Gasteiger partial charge in [0.15, 0.2) is 0 Å². The van der Waals surface area contributed by atoms with E-state index in [2.05, 4.69) is 10.2 Å². The van der Waals surface area contributed by atoms with Gasteiger partial charge >= 0.3 is 11.8 Å². The van der Waals surface area contributed by atoms with Crippen LogP contribution in [0.4, 0.5) is 4.79 Å². The Morgan fingerprint density at radius 2 is 1.91 bits per heavy atom. The highest BCUT2D eigenvalue weighted by Crippen LogP contribution is 2.27. The highest BCUT2D eigenvalue weighted by Gasteiger charge is 2.35. The topological polar surface area (TPSA) is 106 Å². The molecule has 0 saturated carbocycles. The summed E-state index contributed by atoms with van der Waals surface area (Å²) in [5.41, 5.74) is 1.61. The van der Waals surface area contributed by atoms with Gasteiger partial charge in [-0.2, -0.15) is 0 Å². The largest absolute Gasteiger partial charge is 0.444 e. The van der Waals surface area contributed by atoms with E-state index < -0.39 is 17.6 Å². The molecule has 2 saturated heterocycles. The molecule has 2 fully saturated rings. The first-order valence-electron chi connectivity index (χ1n) is 11.2. The molecule has 1 atom stereocenters. The number of hydrogen-bond acceptors (Lipinski definition) is 6. The van der Waals surface area contributed by atoms with Gasteiger partial charge < -0.3 is 9.64 Å². The van der Waals surface area contributed by atoms with Crippen LogP contribution < -0.4 is 11.0 Å². The number of ether oxygens (including phenoxy) is 1. The number of aryl methyl sites for hydroxylation is 1. The van der Waals surface area contributed by atoms with Crippen molar-refractivity contribution in [2.24, 2.45) is 7.05 Å². The Morgan fingerprint density at radius 1 is 1.21 bits per heavy atom. The number of carbonyl (C=O) groups excluding carboxylic acids is 3. The zero-order chi connectivity index (χ0) is 24.1. The molecule has 4 rings (SSSR count). The molecule has 0 aliphatic carbocycles. The van der Waals surface area contributed by atoms with Gasteiger partial charge in [0.05, 0.1) is 17.1 Å². The highest BCUT2D eigenvalue weighted by atomic mass is 16.6. The van der Waals surface area contributed by atoms with Crippen molar-refractivity contribution in [2.75, 3.05) is 20.1 Å². The Hall–Kier alpha value is -3.14. The molecular formula is C23H31N5O5. The van der Waals surface area contributed by atoms with Gasteiger partial charge in [-0.25, -0.2) is 9.59 Å². The number of hydrogen-bond donors (Lipinski definition) is 1. The van der Waals surface area contributed by atoms with E-state index in [0.717, 1.165) is 11.1 Å². The van der Waals surface area contributed by atoms with Gasteiger partial charge in [-0.3, -0.25) is 28.9 Å². The van der Waals surface area contributed by atoms with E-state index in [1.165, 1.54) is 4.57 Å². The van der Waals surface area contributed by atoms with E-state index in [4.69, 9.17) is 4.74 Å². The number of para-hydroxylation sites is 1. The number of benzene rings is 1. The number of imide groups is 1. The second-order valence-electron chi connectivity index (χ2n) is 9.90. The lowest BCUT2D eigenvalue weighted by Gasteiger charge is -2.44. The summed E-state index contributed by atoms with van der Waals surface area (Å²) in [4.78, 5) is 53.2. The lowest BCUT2D eigenvalue weighted by Crippen LogP contribution is -2.59. The summed E-state index contributed by atoms with van der Waals surface area (Å²) in [6.07, 6.45) is 0.177. The minimum Gasteiger partial charge on any atom is -0.444 e. The summed E-state index contributed by atoms with van der Waals surface area (Å²) >= 11 is 0. The number of amides is 3. The monoisotopic (exact) mass is 457 g/mol. The molecule has 2 aliphatic rings. The maximum Gasteiger partial charge on any atom is 0.410 e. The van der Waals surface area contributed by atoms with Crippen molar-refractivity contribution in [2.45, 2.75) is 57.8 Å². The summed E-state index contributed by atoms with van der Waals surface area (Å²) < 4.78 is 8.51. The number of likely N-dealkylation sites (N-methyl/N-ethyl adjacent to an activating group) is 1. The van der Waals surface area contributed by atoms with E-state index >= 15 is 0 Å². The average molecular weight is 458 g/mol. The molecule has 1 unspecified atom stereocenters. The normalized spacial score (nSPS) is 20.0. The molecule has 10 heteroatoms. The number of imidazole rings is 1. The second kappa shape index (κ2) is 8.33. The van der Waals surface area contributed by atoms with Crippen LogP contribution in [0, 0.1) is 0 Å². The maximum absolute atomic E-state index is 13.1. The second-order valence-corrected chi connectivity index (χ2v) is 9.90. The Kier molecular flexibility index (Phi) is 5.81. The van der Waals surface area contributed by atoms with Gasteiger partial charge in [0.2, 0.25) is 11.8 Å². The van der Waals surface area contributed by atoms with Crippen molar-refractivity contribution in [3.8, 4) is 0 Å². The van der Waals surface area contributed by atoms with Crippen LogP contribution in [-0.4, -0.2) is 68.6 Å². The molecule has 178 valence electrons. The van der Waals surface area contributed by atoms with Crippen LogP contribution in [0.15, 0.2) is 23.0 Å². The van der Waals surface area contributed by atoms with Crippen LogP contribution in [0.2, 0.25) is 0 Å². The van der Waals surface area contributed by atoms with Crippen molar-refractivity contribution in [1.82, 2.24) is 24.3 Å². The van der Waals surface area contributed by atoms with Crippen molar-refractivity contribution in [1.29, 1.82) is 0 Å². The fourth-order valence-electron chi connectivity index (χ4n) is 4.52. The van der Waals surface area contributed by atoms with Gasteiger partial charge in [0, 0.05) is 40.2 Å².